The predicted octanol–water partition coefficient (Wildman–Crippen LogP) is 3.07. The zero-order chi connectivity index (χ0) is 19.9. The summed E-state index contributed by atoms with van der Waals surface area (Å²) < 4.78 is 25.5. The van der Waals surface area contributed by atoms with E-state index < -0.39 is 10.0 Å². The smallest absolute Gasteiger partial charge is 0.255 e. The zero-order valence-corrected chi connectivity index (χ0v) is 17.2. The average molecular weight is 417 g/mol. The van der Waals surface area contributed by atoms with Gasteiger partial charge in [-0.15, -0.1) is 16.4 Å². The lowest BCUT2D eigenvalue weighted by molar-refractivity contribution is 0.102. The highest BCUT2D eigenvalue weighted by Crippen LogP contribution is 2.38. The number of fused-ring (bicyclic) bond motifs is 3. The van der Waals surface area contributed by atoms with Crippen molar-refractivity contribution in [3.8, 4) is 0 Å². The van der Waals surface area contributed by atoms with Crippen molar-refractivity contribution >= 4 is 43.2 Å². The molecule has 0 fully saturated rings. The Balaban J connectivity index is 1.63. The molecule has 4 rings (SSSR count). The number of aromatic nitrogens is 2. The van der Waals surface area contributed by atoms with E-state index in [0.29, 0.717) is 11.3 Å². The number of aryl methyl sites for hydroxylation is 2. The van der Waals surface area contributed by atoms with Gasteiger partial charge in [-0.2, -0.15) is 5.10 Å². The van der Waals surface area contributed by atoms with Gasteiger partial charge in [-0.25, -0.2) is 12.7 Å². The second-order valence-electron chi connectivity index (χ2n) is 6.92. The monoisotopic (exact) mass is 416 g/mol. The van der Waals surface area contributed by atoms with Gasteiger partial charge in [-0.1, -0.05) is 0 Å². The van der Waals surface area contributed by atoms with Gasteiger partial charge in [0.1, 0.15) is 4.83 Å². The fourth-order valence-corrected chi connectivity index (χ4v) is 5.51. The molecule has 0 atom stereocenters. The number of carbonyl (C=O) groups is 1. The Labute approximate surface area is 167 Å². The average Bonchev–Trinajstić information content (AvgIpc) is 3.07. The van der Waals surface area contributed by atoms with Crippen molar-refractivity contribution in [2.45, 2.75) is 30.6 Å². The van der Waals surface area contributed by atoms with Crippen LogP contribution in [0.2, 0.25) is 0 Å². The third-order valence-corrected chi connectivity index (χ3v) is 7.91. The van der Waals surface area contributed by atoms with Crippen molar-refractivity contribution in [3.05, 3.63) is 46.5 Å². The third kappa shape index (κ3) is 3.30. The topological polar surface area (TPSA) is 92.3 Å². The summed E-state index contributed by atoms with van der Waals surface area (Å²) in [6, 6.07) is 5.91. The second kappa shape index (κ2) is 7.23. The van der Waals surface area contributed by atoms with Gasteiger partial charge >= 0.3 is 0 Å². The molecule has 0 bridgehead atoms. The third-order valence-electron chi connectivity index (χ3n) is 4.90. The van der Waals surface area contributed by atoms with Crippen LogP contribution in [-0.2, 0) is 22.9 Å². The predicted molar refractivity (Wildman–Crippen MR) is 109 cm³/mol. The molecule has 0 spiro atoms. The van der Waals surface area contributed by atoms with E-state index in [9.17, 15) is 13.2 Å². The van der Waals surface area contributed by atoms with Crippen LogP contribution in [0.25, 0.3) is 10.2 Å². The molecule has 1 aliphatic rings. The Morgan fingerprint density at radius 3 is 2.57 bits per heavy atom. The summed E-state index contributed by atoms with van der Waals surface area (Å²) >= 11 is 1.65. The molecule has 9 heteroatoms. The number of nitrogens with one attached hydrogen (secondary N) is 1. The molecular formula is C19H20N4O3S2. The number of hydrogen-bond donors (Lipinski definition) is 1. The maximum Gasteiger partial charge on any atom is 0.255 e. The SMILES string of the molecule is CN(C)S(=O)(=O)c1ccc(C(=O)Nc2cnnc3sc4c(c23)CCCC4)cc1. The number of amides is 1. The van der Waals surface area contributed by atoms with E-state index in [1.165, 1.54) is 55.2 Å². The molecular weight excluding hydrogens is 396 g/mol. The van der Waals surface area contributed by atoms with Crippen LogP contribution in [0.1, 0.15) is 33.6 Å². The minimum atomic E-state index is -3.53. The highest BCUT2D eigenvalue weighted by Gasteiger charge is 2.21. The molecule has 7 nitrogen and oxygen atoms in total. The fourth-order valence-electron chi connectivity index (χ4n) is 3.38. The molecule has 3 aromatic rings. The van der Waals surface area contributed by atoms with Gasteiger partial charge in [0.05, 0.1) is 16.8 Å². The van der Waals surface area contributed by atoms with Gasteiger partial charge in [0.2, 0.25) is 10.0 Å². The lowest BCUT2D eigenvalue weighted by Crippen LogP contribution is -2.22. The van der Waals surface area contributed by atoms with Gasteiger partial charge in [-0.3, -0.25) is 4.79 Å². The van der Waals surface area contributed by atoms with E-state index in [4.69, 9.17) is 0 Å². The summed E-state index contributed by atoms with van der Waals surface area (Å²) in [6.45, 7) is 0. The van der Waals surface area contributed by atoms with E-state index >= 15 is 0 Å². The van der Waals surface area contributed by atoms with Crippen LogP contribution in [0.15, 0.2) is 35.4 Å². The molecule has 0 aliphatic heterocycles. The van der Waals surface area contributed by atoms with Gasteiger partial charge in [-0.05, 0) is 55.5 Å². The van der Waals surface area contributed by atoms with Crippen molar-refractivity contribution in [1.29, 1.82) is 0 Å². The van der Waals surface area contributed by atoms with Crippen LogP contribution in [0.3, 0.4) is 0 Å². The number of nitrogens with zero attached hydrogens (tertiary/aromatic N) is 3. The summed E-state index contributed by atoms with van der Waals surface area (Å²) in [5.41, 5.74) is 2.30. The molecule has 1 N–H and O–H groups in total. The Morgan fingerprint density at radius 2 is 1.86 bits per heavy atom. The minimum Gasteiger partial charge on any atom is -0.320 e. The van der Waals surface area contributed by atoms with Crippen LogP contribution in [0.5, 0.6) is 0 Å². The number of anilines is 1. The second-order valence-corrected chi connectivity index (χ2v) is 10.2. The molecule has 0 saturated carbocycles. The maximum absolute atomic E-state index is 12.7. The summed E-state index contributed by atoms with van der Waals surface area (Å²) in [5, 5.41) is 12.2. The first kappa shape index (κ1) is 19.0. The van der Waals surface area contributed by atoms with Crippen molar-refractivity contribution in [1.82, 2.24) is 14.5 Å². The van der Waals surface area contributed by atoms with Crippen LogP contribution < -0.4 is 5.32 Å². The van der Waals surface area contributed by atoms with E-state index in [-0.39, 0.29) is 10.8 Å². The molecule has 146 valence electrons. The van der Waals surface area contributed by atoms with Gasteiger partial charge in [0.25, 0.3) is 5.91 Å². The fraction of sp³-hybridized carbons (Fsp3) is 0.316. The Hall–Kier alpha value is -2.36. The Morgan fingerprint density at radius 1 is 1.14 bits per heavy atom. The van der Waals surface area contributed by atoms with Gasteiger partial charge < -0.3 is 5.32 Å². The summed E-state index contributed by atoms with van der Waals surface area (Å²) in [6.07, 6.45) is 5.92. The summed E-state index contributed by atoms with van der Waals surface area (Å²) in [4.78, 5) is 15.0. The normalized spacial score (nSPS) is 14.2. The van der Waals surface area contributed by atoms with Crippen LogP contribution in [-0.4, -0.2) is 42.9 Å². The Bertz CT molecular complexity index is 1150. The highest BCUT2D eigenvalue weighted by molar-refractivity contribution is 7.89. The van der Waals surface area contributed by atoms with E-state index in [0.717, 1.165) is 33.8 Å². The molecule has 1 aliphatic carbocycles. The molecule has 0 radical (unpaired) electrons. The quantitative estimate of drug-likeness (QED) is 0.706. The largest absolute Gasteiger partial charge is 0.320 e. The first-order valence-corrected chi connectivity index (χ1v) is 11.2. The van der Waals surface area contributed by atoms with Gasteiger partial charge in [0, 0.05) is 29.9 Å². The molecule has 1 aromatic carbocycles. The molecule has 1 amide bonds. The van der Waals surface area contributed by atoms with Crippen LogP contribution in [0, 0.1) is 0 Å². The molecule has 28 heavy (non-hydrogen) atoms. The lowest BCUT2D eigenvalue weighted by atomic mass is 9.96. The maximum atomic E-state index is 12.7. The molecule has 2 heterocycles. The summed E-state index contributed by atoms with van der Waals surface area (Å²) in [7, 11) is -0.582. The summed E-state index contributed by atoms with van der Waals surface area (Å²) in [5.74, 6) is -0.307. The highest BCUT2D eigenvalue weighted by atomic mass is 32.2. The first-order chi connectivity index (χ1) is 13.4. The first-order valence-electron chi connectivity index (χ1n) is 8.98. The zero-order valence-electron chi connectivity index (χ0n) is 15.6. The number of sulfonamides is 1. The number of rotatable bonds is 4. The van der Waals surface area contributed by atoms with E-state index in [1.54, 1.807) is 17.5 Å². The number of benzene rings is 1. The standard InChI is InChI=1S/C19H20N4O3S2/c1-23(2)28(25,26)13-9-7-12(8-10-13)18(24)21-15-11-20-22-19-17(15)14-5-3-4-6-16(14)27-19/h7-11H,3-6H2,1-2H3,(H,21,22,24). The lowest BCUT2D eigenvalue weighted by Gasteiger charge is -2.13. The number of thiophene rings is 1. The molecule has 0 unspecified atom stereocenters. The molecule has 0 saturated heterocycles. The van der Waals surface area contributed by atoms with Crippen molar-refractivity contribution < 1.29 is 13.2 Å². The van der Waals surface area contributed by atoms with E-state index in [1.807, 2.05) is 0 Å². The van der Waals surface area contributed by atoms with Crippen molar-refractivity contribution in [3.63, 3.8) is 0 Å². The minimum absolute atomic E-state index is 0.147. The van der Waals surface area contributed by atoms with Crippen LogP contribution in [0.4, 0.5) is 5.69 Å². The number of hydrogen-bond acceptors (Lipinski definition) is 6. The van der Waals surface area contributed by atoms with Crippen molar-refractivity contribution in [2.24, 2.45) is 0 Å². The number of carbonyl (C=O) groups excluding carboxylic acids is 1. The Kier molecular flexibility index (Phi) is 4.90. The van der Waals surface area contributed by atoms with E-state index in [2.05, 4.69) is 15.5 Å². The molecule has 2 aromatic heterocycles. The van der Waals surface area contributed by atoms with Crippen LogP contribution >= 0.6 is 11.3 Å². The van der Waals surface area contributed by atoms with Gasteiger partial charge in [0.15, 0.2) is 0 Å². The van der Waals surface area contributed by atoms with Crippen molar-refractivity contribution in [2.75, 3.05) is 19.4 Å².